The van der Waals surface area contributed by atoms with Crippen LogP contribution in [0.25, 0.3) is 0 Å². The molecule has 2 aliphatic carbocycles. The van der Waals surface area contributed by atoms with Crippen LogP contribution in [0.15, 0.2) is 0 Å². The molecule has 0 bridgehead atoms. The van der Waals surface area contributed by atoms with Crippen LogP contribution in [0.3, 0.4) is 0 Å². The predicted molar refractivity (Wildman–Crippen MR) is 49.2 cm³/mol. The van der Waals surface area contributed by atoms with Crippen LogP contribution in [0.2, 0.25) is 0 Å². The normalized spacial score (nSPS) is 37.7. The van der Waals surface area contributed by atoms with Gasteiger partial charge in [0.1, 0.15) is 0 Å². The zero-order valence-electron chi connectivity index (χ0n) is 8.30. The molecule has 2 nitrogen and oxygen atoms in total. The lowest BCUT2D eigenvalue weighted by molar-refractivity contribution is -0.138. The molecular weight excluding hydrogens is 164 g/mol. The van der Waals surface area contributed by atoms with E-state index < -0.39 is 0 Å². The second kappa shape index (κ2) is 2.66. The van der Waals surface area contributed by atoms with E-state index in [0.717, 1.165) is 19.3 Å². The van der Waals surface area contributed by atoms with Crippen molar-refractivity contribution in [3.63, 3.8) is 0 Å². The van der Waals surface area contributed by atoms with Gasteiger partial charge in [-0.15, -0.1) is 0 Å². The summed E-state index contributed by atoms with van der Waals surface area (Å²) in [6.07, 6.45) is 4.31. The van der Waals surface area contributed by atoms with Crippen molar-refractivity contribution in [3.8, 4) is 0 Å². The number of rotatable bonds is 0. The van der Waals surface area contributed by atoms with Gasteiger partial charge in [0.05, 0.1) is 0 Å². The van der Waals surface area contributed by atoms with Gasteiger partial charge in [-0.1, -0.05) is 26.7 Å². The minimum atomic E-state index is -0.373. The smallest absolute Gasteiger partial charge is 0.204 e. The predicted octanol–water partition coefficient (Wildman–Crippen LogP) is 1.97. The van der Waals surface area contributed by atoms with Gasteiger partial charge in [0.2, 0.25) is 11.6 Å². The molecule has 2 aliphatic rings. The van der Waals surface area contributed by atoms with Crippen molar-refractivity contribution in [1.29, 1.82) is 0 Å². The number of carbonyl (C=O) groups excluding carboxylic acids is 2. The first-order valence-corrected chi connectivity index (χ1v) is 5.14. The van der Waals surface area contributed by atoms with Gasteiger partial charge >= 0.3 is 0 Å². The van der Waals surface area contributed by atoms with E-state index in [1.54, 1.807) is 0 Å². The average Bonchev–Trinajstić information content (AvgIpc) is 2.30. The molecule has 0 unspecified atom stereocenters. The Balaban J connectivity index is 2.35. The Bertz CT molecular complexity index is 265. The van der Waals surface area contributed by atoms with Crippen molar-refractivity contribution < 1.29 is 9.59 Å². The average molecular weight is 180 g/mol. The van der Waals surface area contributed by atoms with Crippen molar-refractivity contribution in [2.24, 2.45) is 17.3 Å². The van der Waals surface area contributed by atoms with E-state index in [4.69, 9.17) is 0 Å². The summed E-state index contributed by atoms with van der Waals surface area (Å²) in [4.78, 5) is 23.2. The van der Waals surface area contributed by atoms with Crippen LogP contribution in [-0.2, 0) is 9.59 Å². The molecule has 0 heterocycles. The summed E-state index contributed by atoms with van der Waals surface area (Å²) in [6, 6.07) is 0. The molecular formula is C11H16O2. The Labute approximate surface area is 78.7 Å². The van der Waals surface area contributed by atoms with E-state index in [-0.39, 0.29) is 22.9 Å². The van der Waals surface area contributed by atoms with Crippen molar-refractivity contribution in [2.75, 3.05) is 0 Å². The third-order valence-electron chi connectivity index (χ3n) is 3.84. The Morgan fingerprint density at radius 3 is 2.38 bits per heavy atom. The maximum atomic E-state index is 11.6. The molecule has 0 aromatic carbocycles. The minimum Gasteiger partial charge on any atom is -0.291 e. The van der Waals surface area contributed by atoms with Crippen LogP contribution >= 0.6 is 0 Å². The molecule has 2 rings (SSSR count). The largest absolute Gasteiger partial charge is 0.291 e. The number of carbonyl (C=O) groups is 2. The molecule has 0 aromatic heterocycles. The fraction of sp³-hybridized carbons (Fsp3) is 0.818. The molecule has 0 radical (unpaired) electrons. The summed E-state index contributed by atoms with van der Waals surface area (Å²) >= 11 is 0. The van der Waals surface area contributed by atoms with Gasteiger partial charge < -0.3 is 0 Å². The van der Waals surface area contributed by atoms with E-state index >= 15 is 0 Å². The first-order valence-electron chi connectivity index (χ1n) is 5.14. The van der Waals surface area contributed by atoms with Gasteiger partial charge in [0, 0.05) is 11.3 Å². The van der Waals surface area contributed by atoms with Gasteiger partial charge in [0.25, 0.3) is 0 Å². The third-order valence-corrected chi connectivity index (χ3v) is 3.84. The van der Waals surface area contributed by atoms with Gasteiger partial charge in [-0.3, -0.25) is 9.59 Å². The Morgan fingerprint density at radius 1 is 1.15 bits per heavy atom. The minimum absolute atomic E-state index is 0.0660. The standard InChI is InChI=1S/C11H16O2/c1-11(2)8-6-4-3-5-7(8)9(12)10(11)13/h7-8H,3-6H2,1-2H3/t7-,8-/m1/s1. The molecule has 2 heteroatoms. The summed E-state index contributed by atoms with van der Waals surface area (Å²) in [5, 5.41) is 0. The number of hydrogen-bond acceptors (Lipinski definition) is 2. The first-order chi connectivity index (χ1) is 6.05. The summed E-state index contributed by atoms with van der Waals surface area (Å²) in [6.45, 7) is 3.87. The number of fused-ring (bicyclic) bond motifs is 1. The maximum Gasteiger partial charge on any atom is 0.204 e. The molecule has 2 saturated carbocycles. The van der Waals surface area contributed by atoms with Crippen molar-refractivity contribution in [1.82, 2.24) is 0 Å². The van der Waals surface area contributed by atoms with Gasteiger partial charge in [-0.25, -0.2) is 0 Å². The van der Waals surface area contributed by atoms with Crippen LogP contribution in [0.1, 0.15) is 39.5 Å². The maximum absolute atomic E-state index is 11.6. The van der Waals surface area contributed by atoms with Gasteiger partial charge in [-0.2, -0.15) is 0 Å². The lowest BCUT2D eigenvalue weighted by Gasteiger charge is -2.31. The first kappa shape index (κ1) is 8.92. The zero-order valence-corrected chi connectivity index (χ0v) is 8.30. The highest BCUT2D eigenvalue weighted by molar-refractivity contribution is 6.42. The molecule has 0 saturated heterocycles. The second-order valence-electron chi connectivity index (χ2n) is 4.91. The molecule has 72 valence electrons. The second-order valence-corrected chi connectivity index (χ2v) is 4.91. The molecule has 0 aromatic rings. The molecule has 0 amide bonds. The van der Waals surface area contributed by atoms with Crippen molar-refractivity contribution in [2.45, 2.75) is 39.5 Å². The van der Waals surface area contributed by atoms with Crippen LogP contribution in [0.5, 0.6) is 0 Å². The van der Waals surface area contributed by atoms with Gasteiger partial charge in [-0.05, 0) is 18.8 Å². The van der Waals surface area contributed by atoms with E-state index in [2.05, 4.69) is 0 Å². The summed E-state index contributed by atoms with van der Waals surface area (Å²) in [5.41, 5.74) is -0.373. The number of ketones is 2. The topological polar surface area (TPSA) is 34.1 Å². The van der Waals surface area contributed by atoms with Crippen LogP contribution < -0.4 is 0 Å². The highest BCUT2D eigenvalue weighted by Crippen LogP contribution is 2.48. The summed E-state index contributed by atoms with van der Waals surface area (Å²) < 4.78 is 0. The molecule has 2 atom stereocenters. The highest BCUT2D eigenvalue weighted by Gasteiger charge is 2.54. The molecule has 13 heavy (non-hydrogen) atoms. The number of hydrogen-bond donors (Lipinski definition) is 0. The third kappa shape index (κ3) is 1.07. The number of Topliss-reactive ketones (excluding diaryl/α,β-unsaturated/α-hetero) is 2. The van der Waals surface area contributed by atoms with E-state index in [0.29, 0.717) is 5.92 Å². The fourth-order valence-corrected chi connectivity index (χ4v) is 2.96. The quantitative estimate of drug-likeness (QED) is 0.534. The lowest BCUT2D eigenvalue weighted by Crippen LogP contribution is -2.28. The Hall–Kier alpha value is -0.660. The van der Waals surface area contributed by atoms with Crippen LogP contribution in [-0.4, -0.2) is 11.6 Å². The zero-order chi connectivity index (χ0) is 9.64. The van der Waals surface area contributed by atoms with E-state index in [9.17, 15) is 9.59 Å². The Morgan fingerprint density at radius 2 is 1.77 bits per heavy atom. The summed E-state index contributed by atoms with van der Waals surface area (Å²) in [5.74, 6) is 0.191. The molecule has 0 N–H and O–H groups in total. The Kier molecular flexibility index (Phi) is 1.83. The SMILES string of the molecule is CC1(C)C(=O)C(=O)[C@@H]2CCCC[C@H]21. The fourth-order valence-electron chi connectivity index (χ4n) is 2.96. The van der Waals surface area contributed by atoms with E-state index in [1.165, 1.54) is 6.42 Å². The highest BCUT2D eigenvalue weighted by atomic mass is 16.2. The summed E-state index contributed by atoms with van der Waals surface area (Å²) in [7, 11) is 0. The van der Waals surface area contributed by atoms with Crippen molar-refractivity contribution >= 4 is 11.6 Å². The lowest BCUT2D eigenvalue weighted by atomic mass is 9.71. The van der Waals surface area contributed by atoms with E-state index in [1.807, 2.05) is 13.8 Å². The van der Waals surface area contributed by atoms with Crippen LogP contribution in [0.4, 0.5) is 0 Å². The van der Waals surface area contributed by atoms with Crippen molar-refractivity contribution in [3.05, 3.63) is 0 Å². The molecule has 2 fully saturated rings. The van der Waals surface area contributed by atoms with Gasteiger partial charge in [0.15, 0.2) is 0 Å². The van der Waals surface area contributed by atoms with Crippen LogP contribution in [0, 0.1) is 17.3 Å². The monoisotopic (exact) mass is 180 g/mol. The molecule has 0 aliphatic heterocycles. The molecule has 0 spiro atoms.